The zero-order valence-electron chi connectivity index (χ0n) is 7.17. The zero-order chi connectivity index (χ0) is 8.77. The van der Waals surface area contributed by atoms with E-state index in [1.54, 1.807) is 0 Å². The Morgan fingerprint density at radius 1 is 1.33 bits per heavy atom. The van der Waals surface area contributed by atoms with Crippen LogP contribution < -0.4 is 5.73 Å². The van der Waals surface area contributed by atoms with Crippen LogP contribution in [0.5, 0.6) is 0 Å². The summed E-state index contributed by atoms with van der Waals surface area (Å²) in [5.74, 6) is 0. The van der Waals surface area contributed by atoms with Crippen LogP contribution in [0.3, 0.4) is 0 Å². The van der Waals surface area contributed by atoms with Crippen LogP contribution in [0.1, 0.15) is 18.1 Å². The highest BCUT2D eigenvalue weighted by molar-refractivity contribution is 5.47. The van der Waals surface area contributed by atoms with Crippen molar-refractivity contribution in [2.24, 2.45) is 0 Å². The van der Waals surface area contributed by atoms with E-state index in [1.807, 2.05) is 25.1 Å². The molecule has 1 aromatic carbocycles. The van der Waals surface area contributed by atoms with Gasteiger partial charge in [0.25, 0.3) is 0 Å². The summed E-state index contributed by atoms with van der Waals surface area (Å²) >= 11 is 0. The highest BCUT2D eigenvalue weighted by Gasteiger charge is 2.29. The molecule has 0 spiro atoms. The van der Waals surface area contributed by atoms with Gasteiger partial charge in [-0.2, -0.15) is 0 Å². The van der Waals surface area contributed by atoms with Crippen molar-refractivity contribution >= 4 is 5.69 Å². The SMILES string of the molecule is C[C@@]1(O)Cc2ccc(N)cc2C1. The van der Waals surface area contributed by atoms with E-state index in [-0.39, 0.29) is 0 Å². The van der Waals surface area contributed by atoms with E-state index >= 15 is 0 Å². The summed E-state index contributed by atoms with van der Waals surface area (Å²) in [5, 5.41) is 9.77. The highest BCUT2D eigenvalue weighted by Crippen LogP contribution is 2.30. The summed E-state index contributed by atoms with van der Waals surface area (Å²) in [5.41, 5.74) is 8.29. The van der Waals surface area contributed by atoms with E-state index in [9.17, 15) is 5.11 Å². The van der Waals surface area contributed by atoms with Crippen molar-refractivity contribution in [1.29, 1.82) is 0 Å². The number of hydrogen-bond acceptors (Lipinski definition) is 2. The molecule has 0 saturated carbocycles. The van der Waals surface area contributed by atoms with Crippen LogP contribution >= 0.6 is 0 Å². The first kappa shape index (κ1) is 7.62. The Morgan fingerprint density at radius 3 is 2.75 bits per heavy atom. The van der Waals surface area contributed by atoms with Gasteiger partial charge in [0.15, 0.2) is 0 Å². The number of benzene rings is 1. The van der Waals surface area contributed by atoms with E-state index in [0.29, 0.717) is 0 Å². The molecule has 0 heterocycles. The predicted molar refractivity (Wildman–Crippen MR) is 48.9 cm³/mol. The summed E-state index contributed by atoms with van der Waals surface area (Å²) in [6.07, 6.45) is 1.48. The number of hydrogen-bond donors (Lipinski definition) is 2. The molecule has 0 radical (unpaired) electrons. The number of rotatable bonds is 0. The molecule has 2 heteroatoms. The lowest BCUT2D eigenvalue weighted by Gasteiger charge is -2.13. The van der Waals surface area contributed by atoms with Crippen LogP contribution in [0.25, 0.3) is 0 Å². The van der Waals surface area contributed by atoms with Crippen molar-refractivity contribution in [2.45, 2.75) is 25.4 Å². The lowest BCUT2D eigenvalue weighted by atomic mass is 10.0. The molecule has 0 saturated heterocycles. The molecule has 1 aliphatic rings. The van der Waals surface area contributed by atoms with Gasteiger partial charge in [-0.25, -0.2) is 0 Å². The summed E-state index contributed by atoms with van der Waals surface area (Å²) in [6.45, 7) is 1.86. The fourth-order valence-corrected chi connectivity index (χ4v) is 1.87. The summed E-state index contributed by atoms with van der Waals surface area (Å²) in [7, 11) is 0. The van der Waals surface area contributed by atoms with Crippen molar-refractivity contribution in [3.05, 3.63) is 29.3 Å². The van der Waals surface area contributed by atoms with Gasteiger partial charge in [-0.05, 0) is 30.2 Å². The molecule has 0 amide bonds. The van der Waals surface area contributed by atoms with Gasteiger partial charge in [-0.3, -0.25) is 0 Å². The molecule has 1 atom stereocenters. The molecular weight excluding hydrogens is 150 g/mol. The molecule has 0 unspecified atom stereocenters. The molecule has 3 N–H and O–H groups in total. The zero-order valence-corrected chi connectivity index (χ0v) is 7.17. The van der Waals surface area contributed by atoms with Crippen LogP contribution in [-0.2, 0) is 12.8 Å². The summed E-state index contributed by atoms with van der Waals surface area (Å²) < 4.78 is 0. The van der Waals surface area contributed by atoms with Crippen molar-refractivity contribution in [3.63, 3.8) is 0 Å². The second-order valence-corrected chi connectivity index (χ2v) is 3.88. The minimum absolute atomic E-state index is 0.559. The Hall–Kier alpha value is -1.02. The highest BCUT2D eigenvalue weighted by atomic mass is 16.3. The van der Waals surface area contributed by atoms with Crippen molar-refractivity contribution in [3.8, 4) is 0 Å². The standard InChI is InChI=1S/C10H13NO/c1-10(12)5-7-2-3-9(11)4-8(7)6-10/h2-4,12H,5-6,11H2,1H3/t10-/m1/s1. The van der Waals surface area contributed by atoms with E-state index in [2.05, 4.69) is 0 Å². The van der Waals surface area contributed by atoms with Crippen LogP contribution in [0, 0.1) is 0 Å². The quantitative estimate of drug-likeness (QED) is 0.563. The fraction of sp³-hybridized carbons (Fsp3) is 0.400. The molecule has 0 aliphatic heterocycles. The second-order valence-electron chi connectivity index (χ2n) is 3.88. The Bertz CT molecular complexity index is 318. The Morgan fingerprint density at radius 2 is 2.00 bits per heavy atom. The van der Waals surface area contributed by atoms with E-state index < -0.39 is 5.60 Å². The monoisotopic (exact) mass is 163 g/mol. The van der Waals surface area contributed by atoms with Gasteiger partial charge in [0.05, 0.1) is 5.60 Å². The smallest absolute Gasteiger partial charge is 0.0700 e. The lowest BCUT2D eigenvalue weighted by molar-refractivity contribution is 0.0719. The maximum absolute atomic E-state index is 9.77. The Kier molecular flexibility index (Phi) is 1.42. The molecule has 2 nitrogen and oxygen atoms in total. The normalized spacial score (nSPS) is 27.2. The number of anilines is 1. The molecule has 0 bridgehead atoms. The largest absolute Gasteiger partial charge is 0.399 e. The van der Waals surface area contributed by atoms with Crippen LogP contribution in [-0.4, -0.2) is 10.7 Å². The first-order chi connectivity index (χ1) is 5.57. The third-order valence-corrected chi connectivity index (χ3v) is 2.37. The summed E-state index contributed by atoms with van der Waals surface area (Å²) in [6, 6.07) is 5.85. The van der Waals surface area contributed by atoms with Gasteiger partial charge in [0.1, 0.15) is 0 Å². The number of aliphatic hydroxyl groups is 1. The van der Waals surface area contributed by atoms with Crippen LogP contribution in [0.2, 0.25) is 0 Å². The third-order valence-electron chi connectivity index (χ3n) is 2.37. The minimum Gasteiger partial charge on any atom is -0.399 e. The van der Waals surface area contributed by atoms with E-state index in [0.717, 1.165) is 18.5 Å². The number of fused-ring (bicyclic) bond motifs is 1. The number of nitrogen functional groups attached to an aromatic ring is 1. The van der Waals surface area contributed by atoms with Crippen LogP contribution in [0.15, 0.2) is 18.2 Å². The lowest BCUT2D eigenvalue weighted by Crippen LogP contribution is -2.23. The minimum atomic E-state index is -0.559. The molecule has 1 aliphatic carbocycles. The molecule has 2 rings (SSSR count). The van der Waals surface area contributed by atoms with Crippen molar-refractivity contribution in [1.82, 2.24) is 0 Å². The molecule has 64 valence electrons. The van der Waals surface area contributed by atoms with Gasteiger partial charge >= 0.3 is 0 Å². The Labute approximate surface area is 72.0 Å². The van der Waals surface area contributed by atoms with E-state index in [4.69, 9.17) is 5.73 Å². The summed E-state index contributed by atoms with van der Waals surface area (Å²) in [4.78, 5) is 0. The predicted octanol–water partition coefficient (Wildman–Crippen LogP) is 1.12. The molecular formula is C10H13NO. The maximum atomic E-state index is 9.77. The fourth-order valence-electron chi connectivity index (χ4n) is 1.87. The third kappa shape index (κ3) is 1.18. The van der Waals surface area contributed by atoms with Gasteiger partial charge in [0.2, 0.25) is 0 Å². The van der Waals surface area contributed by atoms with Crippen molar-refractivity contribution < 1.29 is 5.11 Å². The van der Waals surface area contributed by atoms with Crippen LogP contribution in [0.4, 0.5) is 5.69 Å². The van der Waals surface area contributed by atoms with Gasteiger partial charge in [0, 0.05) is 18.5 Å². The molecule has 0 aromatic heterocycles. The molecule has 12 heavy (non-hydrogen) atoms. The maximum Gasteiger partial charge on any atom is 0.0700 e. The van der Waals surface area contributed by atoms with Crippen molar-refractivity contribution in [2.75, 3.05) is 5.73 Å². The first-order valence-electron chi connectivity index (χ1n) is 4.16. The molecule has 1 aromatic rings. The van der Waals surface area contributed by atoms with Gasteiger partial charge in [-0.1, -0.05) is 6.07 Å². The second kappa shape index (κ2) is 2.23. The number of nitrogens with two attached hydrogens (primary N) is 1. The average molecular weight is 163 g/mol. The first-order valence-corrected chi connectivity index (χ1v) is 4.16. The topological polar surface area (TPSA) is 46.2 Å². The molecule has 0 fully saturated rings. The van der Waals surface area contributed by atoms with Gasteiger partial charge in [-0.15, -0.1) is 0 Å². The van der Waals surface area contributed by atoms with Gasteiger partial charge < -0.3 is 10.8 Å². The van der Waals surface area contributed by atoms with E-state index in [1.165, 1.54) is 11.1 Å². The Balaban J connectivity index is 2.43. The average Bonchev–Trinajstić information content (AvgIpc) is 2.21.